The number of carbonyl (C=O) groups excluding carboxylic acids is 1. The summed E-state index contributed by atoms with van der Waals surface area (Å²) in [5.41, 5.74) is -2.83. The molecule has 122 valence electrons. The molecule has 0 saturated carbocycles. The van der Waals surface area contributed by atoms with Crippen molar-refractivity contribution in [3.63, 3.8) is 0 Å². The zero-order valence-corrected chi connectivity index (χ0v) is 13.2. The van der Waals surface area contributed by atoms with Gasteiger partial charge in [0, 0.05) is 5.92 Å². The lowest BCUT2D eigenvalue weighted by molar-refractivity contribution is -0.105. The summed E-state index contributed by atoms with van der Waals surface area (Å²) >= 11 is 0. The number of rotatable bonds is 2. The van der Waals surface area contributed by atoms with E-state index in [1.54, 1.807) is 34.6 Å². The summed E-state index contributed by atoms with van der Waals surface area (Å²) in [5, 5.41) is 23.1. The molecule has 0 unspecified atom stereocenters. The van der Waals surface area contributed by atoms with Crippen LogP contribution in [0.15, 0.2) is 0 Å². The normalized spacial score (nSPS) is 38.1. The lowest BCUT2D eigenvalue weighted by Gasteiger charge is -2.35. The molecule has 7 heteroatoms. The van der Waals surface area contributed by atoms with Crippen LogP contribution in [0.3, 0.4) is 0 Å². The van der Waals surface area contributed by atoms with Crippen LogP contribution < -0.4 is 5.32 Å². The number of ether oxygens (including phenoxy) is 3. The Kier molecular flexibility index (Phi) is 3.99. The van der Waals surface area contributed by atoms with E-state index in [1.807, 2.05) is 0 Å². The fourth-order valence-electron chi connectivity index (χ4n) is 3.10. The molecule has 3 N–H and O–H groups in total. The molecule has 7 nitrogen and oxygen atoms in total. The molecular weight excluding hydrogens is 278 g/mol. The third-order valence-corrected chi connectivity index (χ3v) is 4.02. The number of alkyl carbamates (subject to hydrolysis) is 1. The second-order valence-corrected chi connectivity index (χ2v) is 7.19. The molecule has 2 rings (SSSR count). The van der Waals surface area contributed by atoms with Gasteiger partial charge in [-0.3, -0.25) is 5.32 Å². The molecule has 2 saturated heterocycles. The molecule has 0 aromatic carbocycles. The van der Waals surface area contributed by atoms with E-state index in [0.29, 0.717) is 0 Å². The number of aliphatic hydroxyl groups is 2. The molecule has 2 aliphatic rings. The molecule has 0 radical (unpaired) electrons. The Morgan fingerprint density at radius 3 is 2.57 bits per heavy atom. The molecule has 21 heavy (non-hydrogen) atoms. The van der Waals surface area contributed by atoms with E-state index in [-0.39, 0.29) is 13.2 Å². The number of fused-ring (bicyclic) bond motifs is 1. The van der Waals surface area contributed by atoms with Crippen molar-refractivity contribution < 1.29 is 29.2 Å². The van der Waals surface area contributed by atoms with Gasteiger partial charge in [0.25, 0.3) is 0 Å². The third kappa shape index (κ3) is 2.88. The Morgan fingerprint density at radius 2 is 2.05 bits per heavy atom. The van der Waals surface area contributed by atoms with Crippen LogP contribution in [0.4, 0.5) is 4.79 Å². The number of carbonyl (C=O) groups is 1. The molecule has 2 aliphatic heterocycles. The van der Waals surface area contributed by atoms with E-state index < -0.39 is 41.1 Å². The first-order valence-electron chi connectivity index (χ1n) is 7.13. The molecule has 0 spiro atoms. The van der Waals surface area contributed by atoms with Gasteiger partial charge in [-0.25, -0.2) is 4.79 Å². The fourth-order valence-corrected chi connectivity index (χ4v) is 3.10. The summed E-state index contributed by atoms with van der Waals surface area (Å²) < 4.78 is 16.4. The first-order chi connectivity index (χ1) is 9.50. The maximum absolute atomic E-state index is 11.9. The second kappa shape index (κ2) is 5.08. The van der Waals surface area contributed by atoms with Crippen molar-refractivity contribution in [2.45, 2.75) is 63.8 Å². The van der Waals surface area contributed by atoms with Crippen LogP contribution in [-0.4, -0.2) is 58.7 Å². The zero-order chi connectivity index (χ0) is 16.1. The smallest absolute Gasteiger partial charge is 0.409 e. The molecule has 0 aliphatic carbocycles. The van der Waals surface area contributed by atoms with Gasteiger partial charge in [0.1, 0.15) is 17.3 Å². The van der Waals surface area contributed by atoms with Crippen LogP contribution >= 0.6 is 0 Å². The van der Waals surface area contributed by atoms with Crippen molar-refractivity contribution in [2.24, 2.45) is 5.92 Å². The van der Waals surface area contributed by atoms with E-state index in [1.165, 1.54) is 0 Å². The molecule has 2 heterocycles. The van der Waals surface area contributed by atoms with Crippen LogP contribution in [0.1, 0.15) is 34.6 Å². The Labute approximate surface area is 124 Å². The van der Waals surface area contributed by atoms with Crippen LogP contribution in [0.2, 0.25) is 0 Å². The standard InChI is InChI=1S/C14H25NO6/c1-12(2,3)21-11(17)15-10-14(18)8(6-16)13(4,5)20-9(14)7-19-10/h8-10,16,18H,6-7H2,1-5H3,(H,15,17)/t8-,9-,10-,14+/m1/s1. The minimum atomic E-state index is -1.48. The van der Waals surface area contributed by atoms with Gasteiger partial charge in [-0.15, -0.1) is 0 Å². The van der Waals surface area contributed by atoms with Crippen LogP contribution in [0.25, 0.3) is 0 Å². The van der Waals surface area contributed by atoms with Crippen LogP contribution in [0.5, 0.6) is 0 Å². The largest absolute Gasteiger partial charge is 0.444 e. The Bertz CT molecular complexity index is 418. The Hall–Kier alpha value is -0.890. The molecular formula is C14H25NO6. The molecule has 1 amide bonds. The molecule has 4 atom stereocenters. The molecule has 2 fully saturated rings. The Balaban J connectivity index is 2.14. The van der Waals surface area contributed by atoms with E-state index >= 15 is 0 Å². The number of amides is 1. The summed E-state index contributed by atoms with van der Waals surface area (Å²) in [6.45, 7) is 8.73. The third-order valence-electron chi connectivity index (χ3n) is 4.02. The highest BCUT2D eigenvalue weighted by Crippen LogP contribution is 2.48. The van der Waals surface area contributed by atoms with Gasteiger partial charge < -0.3 is 24.4 Å². The van der Waals surface area contributed by atoms with E-state index in [2.05, 4.69) is 5.32 Å². The van der Waals surface area contributed by atoms with Gasteiger partial charge in [-0.1, -0.05) is 0 Å². The second-order valence-electron chi connectivity index (χ2n) is 7.19. The van der Waals surface area contributed by atoms with Gasteiger partial charge >= 0.3 is 6.09 Å². The average Bonchev–Trinajstić information content (AvgIpc) is 2.65. The fraction of sp³-hybridized carbons (Fsp3) is 0.929. The van der Waals surface area contributed by atoms with Crippen LogP contribution in [-0.2, 0) is 14.2 Å². The van der Waals surface area contributed by atoms with Gasteiger partial charge in [0.2, 0.25) is 0 Å². The summed E-state index contributed by atoms with van der Waals surface area (Å²) in [6, 6.07) is 0. The SMILES string of the molecule is CC(C)(C)OC(=O)N[C@@H]1OC[C@H]2OC(C)(C)[C@@H](CO)[C@@]12O. The van der Waals surface area contributed by atoms with Crippen molar-refractivity contribution in [3.05, 3.63) is 0 Å². The zero-order valence-electron chi connectivity index (χ0n) is 13.2. The average molecular weight is 303 g/mol. The number of aliphatic hydroxyl groups excluding tert-OH is 1. The predicted octanol–water partition coefficient (Wildman–Crippen LogP) is 0.384. The topological polar surface area (TPSA) is 97.3 Å². The van der Waals surface area contributed by atoms with E-state index in [9.17, 15) is 15.0 Å². The van der Waals surface area contributed by atoms with Gasteiger partial charge in [-0.2, -0.15) is 0 Å². The summed E-state index contributed by atoms with van der Waals surface area (Å²) in [5.74, 6) is -0.572. The first-order valence-corrected chi connectivity index (χ1v) is 7.13. The summed E-state index contributed by atoms with van der Waals surface area (Å²) in [4.78, 5) is 11.9. The lowest BCUT2D eigenvalue weighted by atomic mass is 9.78. The highest BCUT2D eigenvalue weighted by atomic mass is 16.6. The number of hydrogen-bond donors (Lipinski definition) is 3. The summed E-state index contributed by atoms with van der Waals surface area (Å²) in [7, 11) is 0. The maximum atomic E-state index is 11.9. The molecule has 0 bridgehead atoms. The highest BCUT2D eigenvalue weighted by Gasteiger charge is 2.66. The molecule has 0 aromatic heterocycles. The highest BCUT2D eigenvalue weighted by molar-refractivity contribution is 5.68. The van der Waals surface area contributed by atoms with Gasteiger partial charge in [0.05, 0.1) is 18.8 Å². The van der Waals surface area contributed by atoms with Crippen LogP contribution in [0, 0.1) is 5.92 Å². The van der Waals surface area contributed by atoms with Crippen molar-refractivity contribution >= 4 is 6.09 Å². The van der Waals surface area contributed by atoms with Crippen molar-refractivity contribution in [2.75, 3.05) is 13.2 Å². The lowest BCUT2D eigenvalue weighted by Crippen LogP contribution is -2.59. The minimum absolute atomic E-state index is 0.150. The minimum Gasteiger partial charge on any atom is -0.444 e. The Morgan fingerprint density at radius 1 is 1.43 bits per heavy atom. The van der Waals surface area contributed by atoms with Crippen molar-refractivity contribution in [3.8, 4) is 0 Å². The molecule has 0 aromatic rings. The number of nitrogens with one attached hydrogen (secondary N) is 1. The van der Waals surface area contributed by atoms with Gasteiger partial charge in [0.15, 0.2) is 6.23 Å². The van der Waals surface area contributed by atoms with Gasteiger partial charge in [-0.05, 0) is 34.6 Å². The number of hydrogen-bond acceptors (Lipinski definition) is 6. The predicted molar refractivity (Wildman–Crippen MR) is 73.6 cm³/mol. The van der Waals surface area contributed by atoms with Crippen molar-refractivity contribution in [1.29, 1.82) is 0 Å². The van der Waals surface area contributed by atoms with E-state index in [4.69, 9.17) is 14.2 Å². The quantitative estimate of drug-likeness (QED) is 0.682. The first kappa shape index (κ1) is 16.5. The van der Waals surface area contributed by atoms with Crippen molar-refractivity contribution in [1.82, 2.24) is 5.32 Å². The monoisotopic (exact) mass is 303 g/mol. The summed E-state index contributed by atoms with van der Waals surface area (Å²) in [6.07, 6.45) is -2.25. The van der Waals surface area contributed by atoms with E-state index in [0.717, 1.165) is 0 Å². The maximum Gasteiger partial charge on any atom is 0.409 e.